The monoisotopic (exact) mass is 205 g/mol. The summed E-state index contributed by atoms with van der Waals surface area (Å²) in [6.45, 7) is 0. The fraction of sp³-hybridized carbons (Fsp3) is 0.714. The summed E-state index contributed by atoms with van der Waals surface area (Å²) in [7, 11) is 0. The lowest BCUT2D eigenvalue weighted by molar-refractivity contribution is 0.00757. The SMILES string of the molecule is Nc1nc(C2CCC(F)(F)C2)ns1. The molecule has 1 aromatic heterocycles. The van der Waals surface area contributed by atoms with Crippen molar-refractivity contribution in [1.82, 2.24) is 9.36 Å². The Bertz CT molecular complexity index is 312. The van der Waals surface area contributed by atoms with Gasteiger partial charge in [0.25, 0.3) is 0 Å². The highest BCUT2D eigenvalue weighted by Crippen LogP contribution is 2.43. The van der Waals surface area contributed by atoms with E-state index in [1.54, 1.807) is 0 Å². The molecule has 72 valence electrons. The molecule has 1 heterocycles. The van der Waals surface area contributed by atoms with Gasteiger partial charge in [-0.15, -0.1) is 0 Å². The molecule has 1 unspecified atom stereocenters. The Labute approximate surface area is 78.1 Å². The molecule has 1 aromatic rings. The predicted octanol–water partition coefficient (Wildman–Crippen LogP) is 2.02. The second-order valence-electron chi connectivity index (χ2n) is 3.29. The van der Waals surface area contributed by atoms with Crippen molar-refractivity contribution in [2.45, 2.75) is 31.1 Å². The van der Waals surface area contributed by atoms with Crippen molar-refractivity contribution >= 4 is 16.7 Å². The molecule has 0 aliphatic heterocycles. The molecule has 0 saturated heterocycles. The summed E-state index contributed by atoms with van der Waals surface area (Å²) in [5.41, 5.74) is 5.37. The van der Waals surface area contributed by atoms with Gasteiger partial charge in [-0.3, -0.25) is 0 Å². The Hall–Kier alpha value is -0.780. The summed E-state index contributed by atoms with van der Waals surface area (Å²) in [4.78, 5) is 3.91. The van der Waals surface area contributed by atoms with Gasteiger partial charge in [0.05, 0.1) is 0 Å². The van der Waals surface area contributed by atoms with E-state index in [4.69, 9.17) is 5.73 Å². The van der Waals surface area contributed by atoms with Crippen LogP contribution in [-0.4, -0.2) is 15.3 Å². The number of hydrogen-bond donors (Lipinski definition) is 1. The van der Waals surface area contributed by atoms with Gasteiger partial charge >= 0.3 is 0 Å². The van der Waals surface area contributed by atoms with Crippen molar-refractivity contribution in [3.63, 3.8) is 0 Å². The highest BCUT2D eigenvalue weighted by Gasteiger charge is 2.41. The van der Waals surface area contributed by atoms with Crippen molar-refractivity contribution in [3.05, 3.63) is 5.82 Å². The van der Waals surface area contributed by atoms with Crippen molar-refractivity contribution in [3.8, 4) is 0 Å². The molecule has 1 fully saturated rings. The lowest BCUT2D eigenvalue weighted by atomic mass is 10.1. The number of nitrogens with two attached hydrogens (primary N) is 1. The number of hydrogen-bond acceptors (Lipinski definition) is 4. The normalized spacial score (nSPS) is 26.5. The molecule has 1 atom stereocenters. The number of aromatic nitrogens is 2. The molecular weight excluding hydrogens is 196 g/mol. The summed E-state index contributed by atoms with van der Waals surface area (Å²) in [5.74, 6) is -2.26. The first-order valence-electron chi connectivity index (χ1n) is 4.04. The fourth-order valence-electron chi connectivity index (χ4n) is 1.58. The number of alkyl halides is 2. The molecule has 1 aliphatic carbocycles. The average Bonchev–Trinajstić information content (AvgIpc) is 2.56. The van der Waals surface area contributed by atoms with Gasteiger partial charge < -0.3 is 5.73 Å². The molecule has 0 bridgehead atoms. The summed E-state index contributed by atoms with van der Waals surface area (Å²) < 4.78 is 29.5. The van der Waals surface area contributed by atoms with Crippen LogP contribution in [0.5, 0.6) is 0 Å². The van der Waals surface area contributed by atoms with Gasteiger partial charge in [-0.05, 0) is 6.42 Å². The van der Waals surface area contributed by atoms with Crippen molar-refractivity contribution < 1.29 is 8.78 Å². The van der Waals surface area contributed by atoms with Gasteiger partial charge in [-0.2, -0.15) is 4.37 Å². The predicted molar refractivity (Wildman–Crippen MR) is 45.9 cm³/mol. The van der Waals surface area contributed by atoms with E-state index in [1.807, 2.05) is 0 Å². The molecule has 0 spiro atoms. The van der Waals surface area contributed by atoms with Crippen LogP contribution in [0, 0.1) is 0 Å². The zero-order valence-corrected chi connectivity index (χ0v) is 7.65. The standard InChI is InChI=1S/C7H9F2N3S/c8-7(9)2-1-4(3-7)5-11-6(10)13-12-5/h4H,1-3H2,(H2,10,11,12). The number of halogens is 2. The number of rotatable bonds is 1. The highest BCUT2D eigenvalue weighted by atomic mass is 32.1. The molecule has 2 rings (SSSR count). The van der Waals surface area contributed by atoms with E-state index >= 15 is 0 Å². The van der Waals surface area contributed by atoms with Crippen molar-refractivity contribution in [2.24, 2.45) is 0 Å². The minimum atomic E-state index is -2.54. The van der Waals surface area contributed by atoms with E-state index < -0.39 is 5.92 Å². The topological polar surface area (TPSA) is 51.8 Å². The van der Waals surface area contributed by atoms with E-state index in [2.05, 4.69) is 9.36 Å². The minimum absolute atomic E-state index is 0.0588. The van der Waals surface area contributed by atoms with Crippen LogP contribution in [0.15, 0.2) is 0 Å². The van der Waals surface area contributed by atoms with Crippen molar-refractivity contribution in [1.29, 1.82) is 0 Å². The van der Waals surface area contributed by atoms with E-state index in [-0.39, 0.29) is 18.8 Å². The zero-order valence-electron chi connectivity index (χ0n) is 6.83. The Morgan fingerprint density at radius 3 is 2.77 bits per heavy atom. The van der Waals surface area contributed by atoms with Crippen LogP contribution >= 0.6 is 11.5 Å². The average molecular weight is 205 g/mol. The Balaban J connectivity index is 2.12. The Kier molecular flexibility index (Phi) is 1.94. The molecule has 0 aromatic carbocycles. The third-order valence-electron chi connectivity index (χ3n) is 2.23. The fourth-order valence-corrected chi connectivity index (χ4v) is 2.09. The first kappa shape index (κ1) is 8.80. The smallest absolute Gasteiger partial charge is 0.248 e. The van der Waals surface area contributed by atoms with E-state index in [0.29, 0.717) is 17.4 Å². The van der Waals surface area contributed by atoms with E-state index in [0.717, 1.165) is 11.5 Å². The number of nitrogen functional groups attached to an aromatic ring is 1. The molecule has 13 heavy (non-hydrogen) atoms. The highest BCUT2D eigenvalue weighted by molar-refractivity contribution is 7.09. The molecule has 2 N–H and O–H groups in total. The summed E-state index contributed by atoms with van der Waals surface area (Å²) >= 11 is 1.06. The molecule has 6 heteroatoms. The lowest BCUT2D eigenvalue weighted by Gasteiger charge is -2.06. The van der Waals surface area contributed by atoms with Gasteiger partial charge in [-0.1, -0.05) is 0 Å². The van der Waals surface area contributed by atoms with Gasteiger partial charge in [-0.25, -0.2) is 13.8 Å². The van der Waals surface area contributed by atoms with Crippen LogP contribution in [-0.2, 0) is 0 Å². The number of nitrogens with zero attached hydrogens (tertiary/aromatic N) is 2. The largest absolute Gasteiger partial charge is 0.374 e. The van der Waals surface area contributed by atoms with Crippen LogP contribution in [0.4, 0.5) is 13.9 Å². The molecule has 1 saturated carbocycles. The van der Waals surface area contributed by atoms with E-state index in [9.17, 15) is 8.78 Å². The molecule has 3 nitrogen and oxygen atoms in total. The second kappa shape index (κ2) is 2.87. The maximum Gasteiger partial charge on any atom is 0.248 e. The molecule has 0 radical (unpaired) electrons. The molecule has 1 aliphatic rings. The Morgan fingerprint density at radius 2 is 2.31 bits per heavy atom. The van der Waals surface area contributed by atoms with Gasteiger partial charge in [0.1, 0.15) is 5.82 Å². The van der Waals surface area contributed by atoms with Crippen molar-refractivity contribution in [2.75, 3.05) is 5.73 Å². The van der Waals surface area contributed by atoms with Crippen LogP contribution in [0.3, 0.4) is 0 Å². The zero-order chi connectivity index (χ0) is 9.47. The van der Waals surface area contributed by atoms with Crippen LogP contribution in [0.1, 0.15) is 31.0 Å². The van der Waals surface area contributed by atoms with Crippen LogP contribution in [0.25, 0.3) is 0 Å². The quantitative estimate of drug-likeness (QED) is 0.763. The van der Waals surface area contributed by atoms with Gasteiger partial charge in [0.2, 0.25) is 5.92 Å². The molecular formula is C7H9F2N3S. The molecule has 0 amide bonds. The Morgan fingerprint density at radius 1 is 1.54 bits per heavy atom. The maximum absolute atomic E-state index is 12.8. The third-order valence-corrected chi connectivity index (χ3v) is 2.78. The summed E-state index contributed by atoms with van der Waals surface area (Å²) in [6, 6.07) is 0. The minimum Gasteiger partial charge on any atom is -0.374 e. The summed E-state index contributed by atoms with van der Waals surface area (Å²) in [5, 5.41) is 0.352. The van der Waals surface area contributed by atoms with Gasteiger partial charge in [0.15, 0.2) is 5.13 Å². The van der Waals surface area contributed by atoms with Gasteiger partial charge in [0, 0.05) is 30.3 Å². The lowest BCUT2D eigenvalue weighted by Crippen LogP contribution is -2.09. The maximum atomic E-state index is 12.8. The number of anilines is 1. The summed E-state index contributed by atoms with van der Waals surface area (Å²) in [6.07, 6.45) is 0.267. The second-order valence-corrected chi connectivity index (χ2v) is 4.07. The van der Waals surface area contributed by atoms with E-state index in [1.165, 1.54) is 0 Å². The third kappa shape index (κ3) is 1.77. The van der Waals surface area contributed by atoms with Crippen LogP contribution in [0.2, 0.25) is 0 Å². The first-order chi connectivity index (χ1) is 6.07. The van der Waals surface area contributed by atoms with Crippen LogP contribution < -0.4 is 5.73 Å². The first-order valence-corrected chi connectivity index (χ1v) is 4.81.